The lowest BCUT2D eigenvalue weighted by molar-refractivity contribution is 0.0283. The lowest BCUT2D eigenvalue weighted by Gasteiger charge is -2.47. The van der Waals surface area contributed by atoms with Crippen LogP contribution < -0.4 is 4.74 Å². The van der Waals surface area contributed by atoms with E-state index in [1.807, 2.05) is 35.2 Å². The third-order valence-corrected chi connectivity index (χ3v) is 7.60. The molecule has 2 heterocycles. The number of rotatable bonds is 6. The van der Waals surface area contributed by atoms with E-state index in [-0.39, 0.29) is 5.91 Å². The predicted molar refractivity (Wildman–Crippen MR) is 135 cm³/mol. The number of likely N-dealkylation sites (tertiary alicyclic amines) is 2. The zero-order chi connectivity index (χ0) is 23.2. The largest absolute Gasteiger partial charge is 0.489 e. The predicted octanol–water partition coefficient (Wildman–Crippen LogP) is 5.58. The van der Waals surface area contributed by atoms with Crippen LogP contribution in [0.3, 0.4) is 0 Å². The molecule has 0 N–H and O–H groups in total. The highest BCUT2D eigenvalue weighted by molar-refractivity contribution is 5.94. The summed E-state index contributed by atoms with van der Waals surface area (Å²) in [5, 5.41) is 0. The molecule has 34 heavy (non-hydrogen) atoms. The molecule has 1 radical (unpaired) electrons. The van der Waals surface area contributed by atoms with Crippen molar-refractivity contribution in [3.63, 3.8) is 0 Å². The fourth-order valence-corrected chi connectivity index (χ4v) is 5.33. The van der Waals surface area contributed by atoms with Crippen molar-refractivity contribution >= 4 is 5.91 Å². The van der Waals surface area contributed by atoms with Crippen LogP contribution in [0.5, 0.6) is 5.75 Å². The van der Waals surface area contributed by atoms with E-state index in [1.165, 1.54) is 24.0 Å². The van der Waals surface area contributed by atoms with Gasteiger partial charge in [0.05, 0.1) is 0 Å². The van der Waals surface area contributed by atoms with Crippen molar-refractivity contribution in [1.29, 1.82) is 0 Å². The molecule has 2 saturated heterocycles. The normalized spacial score (nSPS) is 18.1. The summed E-state index contributed by atoms with van der Waals surface area (Å²) >= 11 is 0. The number of carbonyl (C=O) groups excluding carboxylic acids is 1. The van der Waals surface area contributed by atoms with Crippen molar-refractivity contribution in [2.75, 3.05) is 26.2 Å². The van der Waals surface area contributed by atoms with Gasteiger partial charge in [-0.2, -0.15) is 0 Å². The minimum Gasteiger partial charge on any atom is -0.489 e. The van der Waals surface area contributed by atoms with Crippen LogP contribution in [0.15, 0.2) is 78.9 Å². The quantitative estimate of drug-likeness (QED) is 0.488. The SMILES string of the molecule is O=C(c1cc[c]cc1)N1CCC2(CCN(Cc3ccccc3OCc3ccccc3)CC2)CC1. The summed E-state index contributed by atoms with van der Waals surface area (Å²) in [6.45, 7) is 5.47. The highest BCUT2D eigenvalue weighted by Gasteiger charge is 2.38. The van der Waals surface area contributed by atoms with Crippen molar-refractivity contribution in [3.05, 3.63) is 102 Å². The van der Waals surface area contributed by atoms with Crippen LogP contribution in [-0.4, -0.2) is 41.9 Å². The van der Waals surface area contributed by atoms with Crippen molar-refractivity contribution in [1.82, 2.24) is 9.80 Å². The molecule has 2 aliphatic heterocycles. The molecule has 0 bridgehead atoms. The maximum absolute atomic E-state index is 12.8. The highest BCUT2D eigenvalue weighted by Crippen LogP contribution is 2.42. The highest BCUT2D eigenvalue weighted by atomic mass is 16.5. The average Bonchev–Trinajstić information content (AvgIpc) is 2.91. The molecule has 0 saturated carbocycles. The van der Waals surface area contributed by atoms with Crippen LogP contribution in [0.25, 0.3) is 0 Å². The van der Waals surface area contributed by atoms with E-state index in [2.05, 4.69) is 59.5 Å². The molecule has 2 aliphatic rings. The van der Waals surface area contributed by atoms with Gasteiger partial charge in [0.1, 0.15) is 12.4 Å². The van der Waals surface area contributed by atoms with E-state index in [0.29, 0.717) is 12.0 Å². The van der Waals surface area contributed by atoms with E-state index in [4.69, 9.17) is 4.74 Å². The second-order valence-corrected chi connectivity index (χ2v) is 9.74. The minimum absolute atomic E-state index is 0.161. The molecule has 5 rings (SSSR count). The second-order valence-electron chi connectivity index (χ2n) is 9.74. The fraction of sp³-hybridized carbons (Fsp3) is 0.367. The first-order chi connectivity index (χ1) is 16.7. The molecule has 175 valence electrons. The number of hydrogen-bond donors (Lipinski definition) is 0. The number of nitrogens with zero attached hydrogens (tertiary/aromatic N) is 2. The molecular weight excluding hydrogens is 420 g/mol. The van der Waals surface area contributed by atoms with E-state index >= 15 is 0 Å². The van der Waals surface area contributed by atoms with E-state index in [1.54, 1.807) is 0 Å². The van der Waals surface area contributed by atoms with Gasteiger partial charge in [-0.3, -0.25) is 9.69 Å². The van der Waals surface area contributed by atoms with Crippen molar-refractivity contribution in [2.45, 2.75) is 38.8 Å². The third-order valence-electron chi connectivity index (χ3n) is 7.60. The van der Waals surface area contributed by atoms with E-state index in [9.17, 15) is 4.79 Å². The van der Waals surface area contributed by atoms with Crippen LogP contribution >= 0.6 is 0 Å². The van der Waals surface area contributed by atoms with Crippen LogP contribution in [0.4, 0.5) is 0 Å². The van der Waals surface area contributed by atoms with Gasteiger partial charge in [-0.1, -0.05) is 60.7 Å². The summed E-state index contributed by atoms with van der Waals surface area (Å²) in [5.41, 5.74) is 3.61. The van der Waals surface area contributed by atoms with Gasteiger partial charge < -0.3 is 9.64 Å². The summed E-state index contributed by atoms with van der Waals surface area (Å²) in [6.07, 6.45) is 4.65. The van der Waals surface area contributed by atoms with Crippen LogP contribution in [-0.2, 0) is 13.2 Å². The van der Waals surface area contributed by atoms with Gasteiger partial charge in [-0.15, -0.1) is 0 Å². The van der Waals surface area contributed by atoms with Crippen molar-refractivity contribution < 1.29 is 9.53 Å². The molecule has 0 unspecified atom stereocenters. The number of amides is 1. The molecule has 0 atom stereocenters. The molecule has 2 fully saturated rings. The Balaban J connectivity index is 1.13. The Kier molecular flexibility index (Phi) is 6.96. The summed E-state index contributed by atoms with van der Waals surface area (Å²) in [7, 11) is 0. The number of benzene rings is 3. The first-order valence-electron chi connectivity index (χ1n) is 12.4. The van der Waals surface area contributed by atoms with Gasteiger partial charge in [0.15, 0.2) is 0 Å². The molecule has 1 spiro atoms. The number of hydrogen-bond acceptors (Lipinski definition) is 3. The Morgan fingerprint density at radius 3 is 2.21 bits per heavy atom. The van der Waals surface area contributed by atoms with Crippen LogP contribution in [0, 0.1) is 11.5 Å². The average molecular weight is 454 g/mol. The standard InChI is InChI=1S/C30H33N2O2/c33-29(26-11-5-2-6-12-26)32-21-17-30(18-22-32)15-19-31(20-16-30)23-27-13-7-8-14-28(27)34-24-25-9-3-1-4-10-25/h1,3-14H,15-24H2. The monoisotopic (exact) mass is 453 g/mol. The lowest BCUT2D eigenvalue weighted by atomic mass is 9.71. The Morgan fingerprint density at radius 1 is 0.824 bits per heavy atom. The molecule has 3 aromatic rings. The zero-order valence-electron chi connectivity index (χ0n) is 19.8. The van der Waals surface area contributed by atoms with Crippen molar-refractivity contribution in [3.8, 4) is 5.75 Å². The molecule has 0 aliphatic carbocycles. The minimum atomic E-state index is 0.161. The Labute approximate surface area is 203 Å². The van der Waals surface area contributed by atoms with E-state index in [0.717, 1.165) is 56.9 Å². The molecule has 4 heteroatoms. The number of carbonyl (C=O) groups is 1. The van der Waals surface area contributed by atoms with Gasteiger partial charge in [0, 0.05) is 30.8 Å². The van der Waals surface area contributed by atoms with Gasteiger partial charge >= 0.3 is 0 Å². The summed E-state index contributed by atoms with van der Waals surface area (Å²) in [5.74, 6) is 1.14. The summed E-state index contributed by atoms with van der Waals surface area (Å²) in [6, 6.07) is 29.1. The van der Waals surface area contributed by atoms with Crippen LogP contribution in [0.1, 0.15) is 47.2 Å². The van der Waals surface area contributed by atoms with Crippen LogP contribution in [0.2, 0.25) is 0 Å². The van der Waals surface area contributed by atoms with Gasteiger partial charge in [0.2, 0.25) is 0 Å². The topological polar surface area (TPSA) is 32.8 Å². The van der Waals surface area contributed by atoms with Crippen molar-refractivity contribution in [2.24, 2.45) is 5.41 Å². The Bertz CT molecular complexity index is 1070. The Morgan fingerprint density at radius 2 is 1.47 bits per heavy atom. The first-order valence-corrected chi connectivity index (χ1v) is 12.4. The lowest BCUT2D eigenvalue weighted by Crippen LogP contribution is -2.48. The molecule has 4 nitrogen and oxygen atoms in total. The summed E-state index contributed by atoms with van der Waals surface area (Å²) < 4.78 is 6.18. The maximum atomic E-state index is 12.8. The van der Waals surface area contributed by atoms with E-state index < -0.39 is 0 Å². The molecular formula is C30H33N2O2. The summed E-state index contributed by atoms with van der Waals surface area (Å²) in [4.78, 5) is 17.4. The van der Waals surface area contributed by atoms with Gasteiger partial charge in [0.25, 0.3) is 5.91 Å². The number of ether oxygens (including phenoxy) is 1. The van der Waals surface area contributed by atoms with Gasteiger partial charge in [-0.25, -0.2) is 0 Å². The zero-order valence-corrected chi connectivity index (χ0v) is 19.8. The molecule has 3 aromatic carbocycles. The third kappa shape index (κ3) is 5.34. The number of para-hydroxylation sites is 1. The van der Waals surface area contributed by atoms with Gasteiger partial charge in [-0.05, 0) is 74.0 Å². The smallest absolute Gasteiger partial charge is 0.253 e. The molecule has 0 aromatic heterocycles. The number of piperidine rings is 2. The molecule has 1 amide bonds. The first kappa shape index (κ1) is 22.7. The maximum Gasteiger partial charge on any atom is 0.253 e. The fourth-order valence-electron chi connectivity index (χ4n) is 5.33. The Hall–Kier alpha value is -3.11. The second kappa shape index (κ2) is 10.4.